The predicted molar refractivity (Wildman–Crippen MR) is 80.2 cm³/mol. The van der Waals surface area contributed by atoms with Crippen LogP contribution in [0.4, 0.5) is 5.69 Å². The Morgan fingerprint density at radius 2 is 1.74 bits per heavy atom. The topological polar surface area (TPSA) is 29.1 Å². The highest BCUT2D eigenvalue weighted by Crippen LogP contribution is 2.25. The quantitative estimate of drug-likeness (QED) is 0.864. The van der Waals surface area contributed by atoms with E-state index in [0.29, 0.717) is 20.8 Å². The summed E-state index contributed by atoms with van der Waals surface area (Å²) in [5.41, 5.74) is 1.34. The minimum Gasteiger partial charge on any atom is -0.324 e. The fourth-order valence-electron chi connectivity index (χ4n) is 1.62. The van der Waals surface area contributed by atoms with Crippen molar-refractivity contribution in [1.29, 1.82) is 0 Å². The molecule has 0 unspecified atom stereocenters. The van der Waals surface area contributed by atoms with E-state index in [1.54, 1.807) is 36.4 Å². The molecule has 0 fully saturated rings. The first kappa shape index (κ1) is 14.2. The van der Waals surface area contributed by atoms with Gasteiger partial charge in [-0.3, -0.25) is 4.79 Å². The van der Waals surface area contributed by atoms with E-state index in [9.17, 15) is 4.79 Å². The molecule has 2 aromatic carbocycles. The SMILES string of the molecule is O=C(Cc1cccc(Cl)c1)Nc1cc(Cl)ccc1Cl. The van der Waals surface area contributed by atoms with Gasteiger partial charge in [-0.1, -0.05) is 46.9 Å². The second-order valence-corrected chi connectivity index (χ2v) is 5.26. The van der Waals surface area contributed by atoms with Gasteiger partial charge in [-0.15, -0.1) is 0 Å². The van der Waals surface area contributed by atoms with Crippen molar-refractivity contribution in [2.75, 3.05) is 5.32 Å². The van der Waals surface area contributed by atoms with E-state index < -0.39 is 0 Å². The van der Waals surface area contributed by atoms with Crippen LogP contribution in [0.5, 0.6) is 0 Å². The van der Waals surface area contributed by atoms with Crippen molar-refractivity contribution in [3.63, 3.8) is 0 Å². The zero-order chi connectivity index (χ0) is 13.8. The molecule has 0 aliphatic rings. The predicted octanol–water partition coefficient (Wildman–Crippen LogP) is 4.83. The van der Waals surface area contributed by atoms with Crippen LogP contribution in [0, 0.1) is 0 Å². The molecule has 0 aromatic heterocycles. The number of halogens is 3. The van der Waals surface area contributed by atoms with Gasteiger partial charge in [0, 0.05) is 10.0 Å². The van der Waals surface area contributed by atoms with Gasteiger partial charge in [0.25, 0.3) is 0 Å². The van der Waals surface area contributed by atoms with Gasteiger partial charge in [0.2, 0.25) is 5.91 Å². The number of rotatable bonds is 3. The van der Waals surface area contributed by atoms with Crippen molar-refractivity contribution in [3.8, 4) is 0 Å². The Hall–Kier alpha value is -1.22. The van der Waals surface area contributed by atoms with Crippen molar-refractivity contribution in [1.82, 2.24) is 0 Å². The number of hydrogen-bond donors (Lipinski definition) is 1. The van der Waals surface area contributed by atoms with E-state index in [-0.39, 0.29) is 12.3 Å². The van der Waals surface area contributed by atoms with E-state index in [2.05, 4.69) is 5.32 Å². The Balaban J connectivity index is 2.07. The molecular formula is C14H10Cl3NO. The van der Waals surface area contributed by atoms with Crippen molar-refractivity contribution in [2.45, 2.75) is 6.42 Å². The number of benzene rings is 2. The number of hydrogen-bond acceptors (Lipinski definition) is 1. The monoisotopic (exact) mass is 313 g/mol. The lowest BCUT2D eigenvalue weighted by Crippen LogP contribution is -2.14. The number of carbonyl (C=O) groups is 1. The zero-order valence-electron chi connectivity index (χ0n) is 9.79. The molecule has 0 saturated heterocycles. The summed E-state index contributed by atoms with van der Waals surface area (Å²) >= 11 is 17.7. The van der Waals surface area contributed by atoms with Crippen molar-refractivity contribution in [3.05, 3.63) is 63.1 Å². The largest absolute Gasteiger partial charge is 0.324 e. The van der Waals surface area contributed by atoms with Crippen LogP contribution < -0.4 is 5.32 Å². The Kier molecular flexibility index (Phi) is 4.70. The molecule has 0 atom stereocenters. The molecule has 2 rings (SSSR count). The van der Waals surface area contributed by atoms with Crippen LogP contribution >= 0.6 is 34.8 Å². The Morgan fingerprint density at radius 3 is 2.47 bits per heavy atom. The number of anilines is 1. The second-order valence-electron chi connectivity index (χ2n) is 3.98. The molecule has 19 heavy (non-hydrogen) atoms. The molecule has 2 aromatic rings. The lowest BCUT2D eigenvalue weighted by atomic mass is 10.1. The number of carbonyl (C=O) groups excluding carboxylic acids is 1. The van der Waals surface area contributed by atoms with E-state index >= 15 is 0 Å². The Bertz CT molecular complexity index is 613. The van der Waals surface area contributed by atoms with Crippen LogP contribution in [0.15, 0.2) is 42.5 Å². The van der Waals surface area contributed by atoms with E-state index in [1.165, 1.54) is 0 Å². The summed E-state index contributed by atoms with van der Waals surface area (Å²) in [4.78, 5) is 11.9. The van der Waals surface area contributed by atoms with Gasteiger partial charge in [-0.25, -0.2) is 0 Å². The van der Waals surface area contributed by atoms with Crippen molar-refractivity contribution >= 4 is 46.4 Å². The molecule has 0 bridgehead atoms. The summed E-state index contributed by atoms with van der Waals surface area (Å²) < 4.78 is 0. The summed E-state index contributed by atoms with van der Waals surface area (Å²) in [6.07, 6.45) is 0.226. The van der Waals surface area contributed by atoms with Crippen LogP contribution in [-0.4, -0.2) is 5.91 Å². The Morgan fingerprint density at radius 1 is 1.00 bits per heavy atom. The fraction of sp³-hybridized carbons (Fsp3) is 0.0714. The molecule has 0 heterocycles. The van der Waals surface area contributed by atoms with Gasteiger partial charge in [0.15, 0.2) is 0 Å². The maximum atomic E-state index is 11.9. The molecule has 0 spiro atoms. The molecule has 2 nitrogen and oxygen atoms in total. The third-order valence-electron chi connectivity index (χ3n) is 2.46. The van der Waals surface area contributed by atoms with Crippen LogP contribution in [0.2, 0.25) is 15.1 Å². The first-order valence-corrected chi connectivity index (χ1v) is 6.67. The maximum Gasteiger partial charge on any atom is 0.228 e. The summed E-state index contributed by atoms with van der Waals surface area (Å²) in [5, 5.41) is 4.29. The van der Waals surface area contributed by atoms with E-state index in [1.807, 2.05) is 6.07 Å². The maximum absolute atomic E-state index is 11.9. The smallest absolute Gasteiger partial charge is 0.228 e. The van der Waals surface area contributed by atoms with Crippen molar-refractivity contribution < 1.29 is 4.79 Å². The summed E-state index contributed by atoms with van der Waals surface area (Å²) in [6.45, 7) is 0. The highest BCUT2D eigenvalue weighted by molar-refractivity contribution is 6.35. The fourth-order valence-corrected chi connectivity index (χ4v) is 2.17. The molecule has 0 radical (unpaired) electrons. The van der Waals surface area contributed by atoms with E-state index in [4.69, 9.17) is 34.8 Å². The van der Waals surface area contributed by atoms with Crippen LogP contribution in [0.25, 0.3) is 0 Å². The van der Waals surface area contributed by atoms with Gasteiger partial charge >= 0.3 is 0 Å². The van der Waals surface area contributed by atoms with Crippen LogP contribution in [0.1, 0.15) is 5.56 Å². The lowest BCUT2D eigenvalue weighted by Gasteiger charge is -2.08. The molecule has 1 N–H and O–H groups in total. The third kappa shape index (κ3) is 4.13. The molecular weight excluding hydrogens is 305 g/mol. The van der Waals surface area contributed by atoms with Gasteiger partial charge in [0.05, 0.1) is 17.1 Å². The molecule has 5 heteroatoms. The summed E-state index contributed by atoms with van der Waals surface area (Å²) in [7, 11) is 0. The molecule has 1 amide bonds. The Labute approximate surface area is 126 Å². The summed E-state index contributed by atoms with van der Waals surface area (Å²) in [6, 6.07) is 12.1. The van der Waals surface area contributed by atoms with Gasteiger partial charge in [-0.05, 0) is 35.9 Å². The van der Waals surface area contributed by atoms with Gasteiger partial charge in [0.1, 0.15) is 0 Å². The lowest BCUT2D eigenvalue weighted by molar-refractivity contribution is -0.115. The van der Waals surface area contributed by atoms with Crippen LogP contribution in [0.3, 0.4) is 0 Å². The van der Waals surface area contributed by atoms with Crippen molar-refractivity contribution in [2.24, 2.45) is 0 Å². The first-order chi connectivity index (χ1) is 9.04. The third-order valence-corrected chi connectivity index (χ3v) is 3.26. The number of amides is 1. The van der Waals surface area contributed by atoms with Gasteiger partial charge in [-0.2, -0.15) is 0 Å². The molecule has 98 valence electrons. The minimum atomic E-state index is -0.175. The molecule has 0 aliphatic carbocycles. The molecule has 0 saturated carbocycles. The van der Waals surface area contributed by atoms with Crippen LogP contribution in [-0.2, 0) is 11.2 Å². The first-order valence-electron chi connectivity index (χ1n) is 5.54. The van der Waals surface area contributed by atoms with Gasteiger partial charge < -0.3 is 5.32 Å². The minimum absolute atomic E-state index is 0.175. The highest BCUT2D eigenvalue weighted by Gasteiger charge is 2.07. The zero-order valence-corrected chi connectivity index (χ0v) is 12.1. The average Bonchev–Trinajstić information content (AvgIpc) is 2.34. The standard InChI is InChI=1S/C14H10Cl3NO/c15-10-3-1-2-9(6-10)7-14(19)18-13-8-11(16)4-5-12(13)17/h1-6,8H,7H2,(H,18,19). The number of nitrogens with one attached hydrogen (secondary N) is 1. The average molecular weight is 315 g/mol. The summed E-state index contributed by atoms with van der Waals surface area (Å²) in [5.74, 6) is -0.175. The molecule has 0 aliphatic heterocycles. The van der Waals surface area contributed by atoms with E-state index in [0.717, 1.165) is 5.56 Å². The normalized spacial score (nSPS) is 10.3. The second kappa shape index (κ2) is 6.29. The highest BCUT2D eigenvalue weighted by atomic mass is 35.5.